The molecule has 1 N–H and O–H groups in total. The van der Waals surface area contributed by atoms with E-state index in [4.69, 9.17) is 14.5 Å². The summed E-state index contributed by atoms with van der Waals surface area (Å²) in [6.45, 7) is 2.93. The molecule has 0 radical (unpaired) electrons. The van der Waals surface area contributed by atoms with E-state index in [-0.39, 0.29) is 6.79 Å². The third-order valence-electron chi connectivity index (χ3n) is 4.82. The topological polar surface area (TPSA) is 78.5 Å². The molecule has 1 aliphatic rings. The summed E-state index contributed by atoms with van der Waals surface area (Å²) in [5.74, 6) is 2.47. The highest BCUT2D eigenvalue weighted by Crippen LogP contribution is 2.34. The van der Waals surface area contributed by atoms with Gasteiger partial charge in [-0.3, -0.25) is 14.1 Å². The van der Waals surface area contributed by atoms with Gasteiger partial charge in [-0.1, -0.05) is 6.07 Å². The van der Waals surface area contributed by atoms with Gasteiger partial charge in [0.25, 0.3) is 0 Å². The van der Waals surface area contributed by atoms with Gasteiger partial charge in [-0.05, 0) is 24.6 Å². The van der Waals surface area contributed by atoms with E-state index in [0.717, 1.165) is 45.5 Å². The number of ether oxygens (including phenoxy) is 2. The summed E-state index contributed by atoms with van der Waals surface area (Å²) in [4.78, 5) is 8.95. The second-order valence-electron chi connectivity index (χ2n) is 6.42. The molecule has 5 rings (SSSR count). The van der Waals surface area contributed by atoms with E-state index in [1.165, 1.54) is 0 Å². The third-order valence-corrected chi connectivity index (χ3v) is 4.82. The minimum absolute atomic E-state index is 0.275. The summed E-state index contributed by atoms with van der Waals surface area (Å²) in [6.07, 6.45) is 7.25. The molecule has 0 amide bonds. The molecule has 1 aromatic carbocycles. The Bertz CT molecular complexity index is 1150. The molecule has 0 unspecified atom stereocenters. The van der Waals surface area contributed by atoms with E-state index in [9.17, 15) is 0 Å². The lowest BCUT2D eigenvalue weighted by Crippen LogP contribution is -2.04. The summed E-state index contributed by atoms with van der Waals surface area (Å²) >= 11 is 0. The molecule has 3 aromatic heterocycles. The van der Waals surface area contributed by atoms with Gasteiger partial charge in [-0.2, -0.15) is 5.10 Å². The largest absolute Gasteiger partial charge is 0.454 e. The Balaban J connectivity index is 1.53. The number of hydrogen-bond acceptors (Lipinski definition) is 6. The van der Waals surface area contributed by atoms with Crippen molar-refractivity contribution < 1.29 is 9.47 Å². The highest BCUT2D eigenvalue weighted by molar-refractivity contribution is 5.77. The van der Waals surface area contributed by atoms with Crippen molar-refractivity contribution in [1.29, 1.82) is 0 Å². The van der Waals surface area contributed by atoms with E-state index < -0.39 is 0 Å². The molecule has 8 heteroatoms. The van der Waals surface area contributed by atoms with E-state index >= 15 is 0 Å². The van der Waals surface area contributed by atoms with Gasteiger partial charge >= 0.3 is 0 Å². The Kier molecular flexibility index (Phi) is 3.49. The Morgan fingerprint density at radius 2 is 2.07 bits per heavy atom. The molecular formula is C19H18N6O2. The number of rotatable bonds is 4. The Hall–Kier alpha value is -3.55. The zero-order chi connectivity index (χ0) is 18.4. The van der Waals surface area contributed by atoms with Crippen molar-refractivity contribution in [1.82, 2.24) is 24.1 Å². The maximum Gasteiger partial charge on any atom is 0.231 e. The maximum atomic E-state index is 5.47. The lowest BCUT2D eigenvalue weighted by molar-refractivity contribution is 0.174. The van der Waals surface area contributed by atoms with Gasteiger partial charge < -0.3 is 14.8 Å². The zero-order valence-electron chi connectivity index (χ0n) is 15.0. The highest BCUT2D eigenvalue weighted by Gasteiger charge is 2.18. The van der Waals surface area contributed by atoms with Crippen LogP contribution in [0.25, 0.3) is 16.9 Å². The van der Waals surface area contributed by atoms with Gasteiger partial charge in [0.05, 0.1) is 12.4 Å². The highest BCUT2D eigenvalue weighted by atomic mass is 16.7. The second kappa shape index (κ2) is 6.01. The van der Waals surface area contributed by atoms with Crippen LogP contribution in [0.15, 0.2) is 43.0 Å². The number of nitrogens with one attached hydrogen (secondary N) is 1. The summed E-state index contributed by atoms with van der Waals surface area (Å²) in [7, 11) is 1.93. The van der Waals surface area contributed by atoms with Crippen molar-refractivity contribution in [3.63, 3.8) is 0 Å². The number of imidazole rings is 1. The Labute approximate surface area is 155 Å². The molecule has 1 aliphatic heterocycles. The van der Waals surface area contributed by atoms with Crippen LogP contribution >= 0.6 is 0 Å². The van der Waals surface area contributed by atoms with Gasteiger partial charge in [0, 0.05) is 37.2 Å². The van der Waals surface area contributed by atoms with Crippen LogP contribution in [0.4, 0.5) is 5.82 Å². The summed E-state index contributed by atoms with van der Waals surface area (Å²) in [5.41, 5.74) is 4.78. The number of benzene rings is 1. The van der Waals surface area contributed by atoms with Crippen LogP contribution in [0.2, 0.25) is 0 Å². The average Bonchev–Trinajstić information content (AvgIpc) is 3.37. The molecule has 0 fully saturated rings. The van der Waals surface area contributed by atoms with Crippen molar-refractivity contribution in [3.05, 3.63) is 54.2 Å². The van der Waals surface area contributed by atoms with Crippen molar-refractivity contribution in [2.75, 3.05) is 12.1 Å². The van der Waals surface area contributed by atoms with Gasteiger partial charge in [-0.15, -0.1) is 0 Å². The molecule has 0 bridgehead atoms. The van der Waals surface area contributed by atoms with Gasteiger partial charge in [-0.25, -0.2) is 4.98 Å². The normalized spacial score (nSPS) is 12.7. The number of aromatic nitrogens is 5. The molecule has 0 saturated carbocycles. The molecule has 136 valence electrons. The van der Waals surface area contributed by atoms with Crippen molar-refractivity contribution in [2.45, 2.75) is 13.5 Å². The number of hydrogen-bond donors (Lipinski definition) is 1. The van der Waals surface area contributed by atoms with Crippen LogP contribution in [0.1, 0.15) is 11.3 Å². The summed E-state index contributed by atoms with van der Waals surface area (Å²) in [6, 6.07) is 5.96. The van der Waals surface area contributed by atoms with Crippen molar-refractivity contribution in [2.24, 2.45) is 7.05 Å². The fraction of sp³-hybridized carbons (Fsp3) is 0.211. The third kappa shape index (κ3) is 2.57. The van der Waals surface area contributed by atoms with Crippen LogP contribution in [0.5, 0.6) is 11.5 Å². The molecule has 0 aliphatic carbocycles. The average molecular weight is 362 g/mol. The molecule has 4 aromatic rings. The number of anilines is 1. The maximum absolute atomic E-state index is 5.47. The fourth-order valence-corrected chi connectivity index (χ4v) is 3.23. The first-order chi connectivity index (χ1) is 13.2. The lowest BCUT2D eigenvalue weighted by atomic mass is 10.1. The van der Waals surface area contributed by atoms with E-state index in [2.05, 4.69) is 15.4 Å². The minimum Gasteiger partial charge on any atom is -0.454 e. The SMILES string of the molecule is Cc1c(-c2nc3cnccn3c2NCc2ccc3c(c2)OCO3)cnn1C. The van der Waals surface area contributed by atoms with Crippen molar-refractivity contribution >= 4 is 11.5 Å². The second-order valence-corrected chi connectivity index (χ2v) is 6.42. The quantitative estimate of drug-likeness (QED) is 0.601. The minimum atomic E-state index is 0.275. The first kappa shape index (κ1) is 15.7. The predicted octanol–water partition coefficient (Wildman–Crippen LogP) is 2.78. The smallest absolute Gasteiger partial charge is 0.231 e. The molecule has 27 heavy (non-hydrogen) atoms. The molecule has 0 saturated heterocycles. The zero-order valence-corrected chi connectivity index (χ0v) is 15.0. The number of nitrogens with zero attached hydrogens (tertiary/aromatic N) is 5. The van der Waals surface area contributed by atoms with Crippen LogP contribution in [0, 0.1) is 6.92 Å². The number of aryl methyl sites for hydroxylation is 1. The van der Waals surface area contributed by atoms with Crippen LogP contribution in [-0.4, -0.2) is 30.9 Å². The van der Waals surface area contributed by atoms with Crippen molar-refractivity contribution in [3.8, 4) is 22.8 Å². The first-order valence-electron chi connectivity index (χ1n) is 8.64. The van der Waals surface area contributed by atoms with Crippen LogP contribution in [0.3, 0.4) is 0 Å². The monoisotopic (exact) mass is 362 g/mol. The number of fused-ring (bicyclic) bond motifs is 2. The lowest BCUT2D eigenvalue weighted by Gasteiger charge is -2.09. The summed E-state index contributed by atoms with van der Waals surface area (Å²) < 4.78 is 14.7. The molecular weight excluding hydrogens is 344 g/mol. The molecule has 0 spiro atoms. The van der Waals surface area contributed by atoms with E-state index in [1.807, 2.05) is 53.6 Å². The van der Waals surface area contributed by atoms with Gasteiger partial charge in [0.15, 0.2) is 17.1 Å². The molecule has 4 heterocycles. The molecule has 8 nitrogen and oxygen atoms in total. The standard InChI is InChI=1S/C19H18N6O2/c1-12-14(9-22-24(12)2)18-19(25-6-5-20-10-17(25)23-18)21-8-13-3-4-15-16(7-13)27-11-26-15/h3-7,9-10,21H,8,11H2,1-2H3. The predicted molar refractivity (Wildman–Crippen MR) is 99.8 cm³/mol. The Morgan fingerprint density at radius 1 is 1.19 bits per heavy atom. The first-order valence-corrected chi connectivity index (χ1v) is 8.64. The summed E-state index contributed by atoms with van der Waals surface area (Å²) in [5, 5.41) is 7.87. The van der Waals surface area contributed by atoms with Crippen LogP contribution in [-0.2, 0) is 13.6 Å². The van der Waals surface area contributed by atoms with Crippen LogP contribution < -0.4 is 14.8 Å². The van der Waals surface area contributed by atoms with Gasteiger partial charge in [0.2, 0.25) is 6.79 Å². The Morgan fingerprint density at radius 3 is 2.93 bits per heavy atom. The fourth-order valence-electron chi connectivity index (χ4n) is 3.23. The molecule has 0 atom stereocenters. The van der Waals surface area contributed by atoms with E-state index in [0.29, 0.717) is 6.54 Å². The van der Waals surface area contributed by atoms with E-state index in [1.54, 1.807) is 12.4 Å². The van der Waals surface area contributed by atoms with Gasteiger partial charge in [0.1, 0.15) is 11.5 Å².